The largest absolute Gasteiger partial charge is 0.352 e. The topological polar surface area (TPSA) is 75.4 Å². The molecule has 0 radical (unpaired) electrons. The average molecular weight is 267 g/mol. The molecule has 3 N–H and O–H groups in total. The van der Waals surface area contributed by atoms with E-state index in [9.17, 15) is 9.59 Å². The molecule has 1 saturated carbocycles. The van der Waals surface area contributed by atoms with Gasteiger partial charge in [0.05, 0.1) is 0 Å². The van der Waals surface area contributed by atoms with Crippen molar-refractivity contribution < 1.29 is 9.59 Å². The van der Waals surface area contributed by atoms with Crippen molar-refractivity contribution >= 4 is 11.8 Å². The molecule has 2 unspecified atom stereocenters. The maximum Gasteiger partial charge on any atom is 0.243 e. The van der Waals surface area contributed by atoms with E-state index >= 15 is 0 Å². The van der Waals surface area contributed by atoms with Gasteiger partial charge in [0.25, 0.3) is 0 Å². The highest BCUT2D eigenvalue weighted by Gasteiger charge is 2.37. The molecule has 2 rings (SSSR count). The highest BCUT2D eigenvalue weighted by atomic mass is 16.2. The van der Waals surface area contributed by atoms with Gasteiger partial charge in [-0.3, -0.25) is 9.59 Å². The summed E-state index contributed by atoms with van der Waals surface area (Å²) in [5, 5.41) is 3.01. The zero-order valence-electron chi connectivity index (χ0n) is 11.7. The van der Waals surface area contributed by atoms with Crippen LogP contribution in [0, 0.1) is 5.92 Å². The van der Waals surface area contributed by atoms with Crippen LogP contribution in [0.4, 0.5) is 0 Å². The molecule has 0 aromatic rings. The number of likely N-dealkylation sites (tertiary alicyclic amines) is 1. The van der Waals surface area contributed by atoms with E-state index in [1.54, 1.807) is 4.90 Å². The van der Waals surface area contributed by atoms with Gasteiger partial charge in [0.1, 0.15) is 6.04 Å². The van der Waals surface area contributed by atoms with E-state index < -0.39 is 0 Å². The Bertz CT molecular complexity index is 342. The molecule has 0 bridgehead atoms. The van der Waals surface area contributed by atoms with Gasteiger partial charge in [0.2, 0.25) is 11.8 Å². The normalized spacial score (nSPS) is 24.3. The number of carbonyl (C=O) groups excluding carboxylic acids is 2. The molecular weight excluding hydrogens is 242 g/mol. The molecule has 19 heavy (non-hydrogen) atoms. The van der Waals surface area contributed by atoms with Crippen LogP contribution in [0.5, 0.6) is 0 Å². The zero-order chi connectivity index (χ0) is 13.8. The highest BCUT2D eigenvalue weighted by Crippen LogP contribution is 2.24. The summed E-state index contributed by atoms with van der Waals surface area (Å²) < 4.78 is 0. The van der Waals surface area contributed by atoms with E-state index in [4.69, 9.17) is 5.73 Å². The van der Waals surface area contributed by atoms with Crippen molar-refractivity contribution in [3.63, 3.8) is 0 Å². The lowest BCUT2D eigenvalue weighted by atomic mass is 10.0. The number of nitrogens with two attached hydrogens (primary N) is 1. The fourth-order valence-electron chi connectivity index (χ4n) is 2.66. The Morgan fingerprint density at radius 3 is 2.74 bits per heavy atom. The van der Waals surface area contributed by atoms with Crippen molar-refractivity contribution in [1.82, 2.24) is 10.2 Å². The monoisotopic (exact) mass is 267 g/mol. The summed E-state index contributed by atoms with van der Waals surface area (Å²) in [6, 6.07) is 0.119. The maximum atomic E-state index is 12.4. The number of nitrogens with one attached hydrogen (secondary N) is 1. The van der Waals surface area contributed by atoms with Gasteiger partial charge in [-0.05, 0) is 45.1 Å². The SMILES string of the molecule is CC(CCCN)C(=O)N1CCCC1C(=O)NC1CC1. The van der Waals surface area contributed by atoms with Gasteiger partial charge in [0.15, 0.2) is 0 Å². The number of carbonyl (C=O) groups is 2. The minimum Gasteiger partial charge on any atom is -0.352 e. The number of nitrogens with zero attached hydrogens (tertiary/aromatic N) is 1. The van der Waals surface area contributed by atoms with E-state index in [2.05, 4.69) is 5.32 Å². The molecule has 2 atom stereocenters. The zero-order valence-corrected chi connectivity index (χ0v) is 11.7. The molecule has 1 heterocycles. The second-order valence-corrected chi connectivity index (χ2v) is 5.80. The first-order valence-corrected chi connectivity index (χ1v) is 7.44. The van der Waals surface area contributed by atoms with E-state index in [0.717, 1.165) is 38.5 Å². The Kier molecular flexibility index (Phi) is 4.80. The molecule has 2 amide bonds. The second kappa shape index (κ2) is 6.37. The second-order valence-electron chi connectivity index (χ2n) is 5.80. The quantitative estimate of drug-likeness (QED) is 0.741. The molecular formula is C14H25N3O2. The molecule has 1 saturated heterocycles. The fraction of sp³-hybridized carbons (Fsp3) is 0.857. The third-order valence-electron chi connectivity index (χ3n) is 4.03. The van der Waals surface area contributed by atoms with E-state index in [1.807, 2.05) is 6.92 Å². The molecule has 5 heteroatoms. The summed E-state index contributed by atoms with van der Waals surface area (Å²) in [5.41, 5.74) is 5.48. The minimum absolute atomic E-state index is 0.0297. The lowest BCUT2D eigenvalue weighted by Crippen LogP contribution is -2.48. The van der Waals surface area contributed by atoms with Crippen LogP contribution < -0.4 is 11.1 Å². The van der Waals surface area contributed by atoms with E-state index in [0.29, 0.717) is 19.1 Å². The molecule has 0 aromatic heterocycles. The van der Waals surface area contributed by atoms with Crippen LogP contribution in [0.2, 0.25) is 0 Å². The molecule has 2 fully saturated rings. The Labute approximate surface area is 114 Å². The number of hydrogen-bond donors (Lipinski definition) is 2. The van der Waals surface area contributed by atoms with Crippen LogP contribution in [0.1, 0.15) is 45.4 Å². The van der Waals surface area contributed by atoms with Gasteiger partial charge >= 0.3 is 0 Å². The lowest BCUT2D eigenvalue weighted by molar-refractivity contribution is -0.141. The van der Waals surface area contributed by atoms with Crippen LogP contribution in [-0.4, -0.2) is 41.9 Å². The standard InChI is InChI=1S/C14H25N3O2/c1-10(4-2-8-15)14(19)17-9-3-5-12(17)13(18)16-11-6-7-11/h10-12H,2-9,15H2,1H3,(H,16,18). The van der Waals surface area contributed by atoms with Crippen LogP contribution >= 0.6 is 0 Å². The summed E-state index contributed by atoms with van der Waals surface area (Å²) in [6.07, 6.45) is 5.56. The molecule has 0 aromatic carbocycles. The summed E-state index contributed by atoms with van der Waals surface area (Å²) in [6.45, 7) is 3.27. The van der Waals surface area contributed by atoms with Crippen molar-refractivity contribution in [2.24, 2.45) is 11.7 Å². The first kappa shape index (κ1) is 14.3. The third kappa shape index (κ3) is 3.69. The minimum atomic E-state index is -0.242. The van der Waals surface area contributed by atoms with Crippen molar-refractivity contribution in [2.45, 2.75) is 57.5 Å². The van der Waals surface area contributed by atoms with Gasteiger partial charge in [-0.2, -0.15) is 0 Å². The summed E-state index contributed by atoms with van der Waals surface area (Å²) in [4.78, 5) is 26.3. The van der Waals surface area contributed by atoms with Gasteiger partial charge in [-0.25, -0.2) is 0 Å². The Morgan fingerprint density at radius 1 is 1.37 bits per heavy atom. The van der Waals surface area contributed by atoms with Crippen molar-refractivity contribution in [2.75, 3.05) is 13.1 Å². The average Bonchev–Trinajstić information content (AvgIpc) is 3.08. The van der Waals surface area contributed by atoms with Gasteiger partial charge in [-0.15, -0.1) is 0 Å². The molecule has 5 nitrogen and oxygen atoms in total. The molecule has 2 aliphatic rings. The van der Waals surface area contributed by atoms with Crippen molar-refractivity contribution in [1.29, 1.82) is 0 Å². The lowest BCUT2D eigenvalue weighted by Gasteiger charge is -2.26. The smallest absolute Gasteiger partial charge is 0.243 e. The number of rotatable bonds is 6. The van der Waals surface area contributed by atoms with Crippen LogP contribution in [-0.2, 0) is 9.59 Å². The predicted octanol–water partition coefficient (Wildman–Crippen LogP) is 0.631. The van der Waals surface area contributed by atoms with Crippen LogP contribution in [0.25, 0.3) is 0 Å². The fourth-order valence-corrected chi connectivity index (χ4v) is 2.66. The number of amides is 2. The first-order chi connectivity index (χ1) is 9.13. The summed E-state index contributed by atoms with van der Waals surface area (Å²) in [7, 11) is 0. The van der Waals surface area contributed by atoms with Crippen LogP contribution in [0.15, 0.2) is 0 Å². The van der Waals surface area contributed by atoms with Crippen LogP contribution in [0.3, 0.4) is 0 Å². The number of hydrogen-bond acceptors (Lipinski definition) is 3. The summed E-state index contributed by atoms with van der Waals surface area (Å²) >= 11 is 0. The summed E-state index contributed by atoms with van der Waals surface area (Å²) in [5.74, 6) is 0.124. The maximum absolute atomic E-state index is 12.4. The van der Waals surface area contributed by atoms with E-state index in [1.165, 1.54) is 0 Å². The van der Waals surface area contributed by atoms with Crippen molar-refractivity contribution in [3.8, 4) is 0 Å². The van der Waals surface area contributed by atoms with Gasteiger partial charge < -0.3 is 16.0 Å². The molecule has 0 spiro atoms. The predicted molar refractivity (Wildman–Crippen MR) is 73.4 cm³/mol. The Balaban J connectivity index is 1.89. The third-order valence-corrected chi connectivity index (χ3v) is 4.03. The molecule has 1 aliphatic carbocycles. The Hall–Kier alpha value is -1.10. The Morgan fingerprint density at radius 2 is 2.11 bits per heavy atom. The molecule has 108 valence electrons. The highest BCUT2D eigenvalue weighted by molar-refractivity contribution is 5.89. The van der Waals surface area contributed by atoms with E-state index in [-0.39, 0.29) is 23.8 Å². The van der Waals surface area contributed by atoms with Gasteiger partial charge in [-0.1, -0.05) is 6.92 Å². The van der Waals surface area contributed by atoms with Gasteiger partial charge in [0, 0.05) is 18.5 Å². The molecule has 1 aliphatic heterocycles. The van der Waals surface area contributed by atoms with Crippen molar-refractivity contribution in [3.05, 3.63) is 0 Å². The first-order valence-electron chi connectivity index (χ1n) is 7.44.